The lowest BCUT2D eigenvalue weighted by Crippen LogP contribution is -2.34. The summed E-state index contributed by atoms with van der Waals surface area (Å²) in [5.41, 5.74) is 7.48. The lowest BCUT2D eigenvalue weighted by atomic mass is 9.62. The smallest absolute Gasteiger partial charge is 0.153 e. The maximum absolute atomic E-state index is 11.6. The molecular weight excluding hydrogens is 332 g/mol. The molecule has 0 aliphatic heterocycles. The van der Waals surface area contributed by atoms with Crippen LogP contribution in [0.3, 0.4) is 0 Å². The fourth-order valence-electron chi connectivity index (χ4n) is 4.18. The van der Waals surface area contributed by atoms with E-state index in [0.717, 1.165) is 18.3 Å². The number of aldehydes is 1. The highest BCUT2D eigenvalue weighted by molar-refractivity contribution is 5.83. The van der Waals surface area contributed by atoms with Crippen LogP contribution in [0.2, 0.25) is 0 Å². The van der Waals surface area contributed by atoms with Crippen molar-refractivity contribution in [2.24, 2.45) is 0 Å². The number of rotatable bonds is 5. The minimum Gasteiger partial charge on any atom is -0.493 e. The highest BCUT2D eigenvalue weighted by Crippen LogP contribution is 2.47. The van der Waals surface area contributed by atoms with Crippen LogP contribution in [-0.2, 0) is 10.8 Å². The molecule has 27 heavy (non-hydrogen) atoms. The van der Waals surface area contributed by atoms with Gasteiger partial charge in [-0.15, -0.1) is 0 Å². The van der Waals surface area contributed by atoms with Gasteiger partial charge in [-0.05, 0) is 77.0 Å². The summed E-state index contributed by atoms with van der Waals surface area (Å²) in [6.45, 7) is 14.3. The second-order valence-corrected chi connectivity index (χ2v) is 9.20. The standard InChI is InChI=1S/C25H32O2/c1-7-12-27-23-9-8-18(14-19(23)16-26)20-15-22-21(13-17(20)2)24(3,4)10-11-25(22,5)6/h8-9,13-16H,7,10-12H2,1-6H3. The monoisotopic (exact) mass is 364 g/mol. The molecule has 0 fully saturated rings. The lowest BCUT2D eigenvalue weighted by molar-refractivity contribution is 0.111. The molecule has 3 rings (SSSR count). The third kappa shape index (κ3) is 3.67. The Morgan fingerprint density at radius 2 is 1.63 bits per heavy atom. The fraction of sp³-hybridized carbons (Fsp3) is 0.480. The number of hydrogen-bond acceptors (Lipinski definition) is 2. The van der Waals surface area contributed by atoms with Crippen molar-refractivity contribution in [2.45, 2.75) is 71.6 Å². The molecule has 144 valence electrons. The highest BCUT2D eigenvalue weighted by Gasteiger charge is 2.37. The van der Waals surface area contributed by atoms with Crippen LogP contribution in [-0.4, -0.2) is 12.9 Å². The summed E-state index contributed by atoms with van der Waals surface area (Å²) in [7, 11) is 0. The number of carbonyl (C=O) groups is 1. The van der Waals surface area contributed by atoms with Gasteiger partial charge in [0, 0.05) is 0 Å². The van der Waals surface area contributed by atoms with Crippen LogP contribution in [0.5, 0.6) is 5.75 Å². The lowest BCUT2D eigenvalue weighted by Gasteiger charge is -2.42. The molecule has 2 heteroatoms. The number of benzene rings is 2. The largest absolute Gasteiger partial charge is 0.493 e. The number of ether oxygens (including phenoxy) is 1. The van der Waals surface area contributed by atoms with E-state index in [1.807, 2.05) is 12.1 Å². The van der Waals surface area contributed by atoms with Crippen LogP contribution in [0, 0.1) is 6.92 Å². The van der Waals surface area contributed by atoms with Crippen molar-refractivity contribution < 1.29 is 9.53 Å². The van der Waals surface area contributed by atoms with Crippen molar-refractivity contribution >= 4 is 6.29 Å². The second-order valence-electron chi connectivity index (χ2n) is 9.20. The Morgan fingerprint density at radius 1 is 1.00 bits per heavy atom. The van der Waals surface area contributed by atoms with E-state index < -0.39 is 0 Å². The fourth-order valence-corrected chi connectivity index (χ4v) is 4.18. The molecule has 0 atom stereocenters. The second kappa shape index (κ2) is 7.14. The SMILES string of the molecule is CCCOc1ccc(-c2cc3c(cc2C)C(C)(C)CCC3(C)C)cc1C=O. The molecule has 0 unspecified atom stereocenters. The third-order valence-corrected chi connectivity index (χ3v) is 6.11. The molecule has 2 aromatic carbocycles. The van der Waals surface area contributed by atoms with Crippen LogP contribution in [0.4, 0.5) is 0 Å². The Labute approximate surface area is 164 Å². The zero-order chi connectivity index (χ0) is 19.8. The zero-order valence-electron chi connectivity index (χ0n) is 17.6. The molecule has 0 heterocycles. The Balaban J connectivity index is 2.12. The summed E-state index contributed by atoms with van der Waals surface area (Å²) >= 11 is 0. The number of hydrogen-bond donors (Lipinski definition) is 0. The summed E-state index contributed by atoms with van der Waals surface area (Å²) in [6.07, 6.45) is 4.23. The molecule has 1 aliphatic rings. The molecule has 0 saturated heterocycles. The molecule has 2 aromatic rings. The van der Waals surface area contributed by atoms with Crippen LogP contribution >= 0.6 is 0 Å². The van der Waals surface area contributed by atoms with Gasteiger partial charge >= 0.3 is 0 Å². The summed E-state index contributed by atoms with van der Waals surface area (Å²) in [4.78, 5) is 11.6. The van der Waals surface area contributed by atoms with Crippen molar-refractivity contribution in [1.82, 2.24) is 0 Å². The van der Waals surface area contributed by atoms with Crippen molar-refractivity contribution in [3.63, 3.8) is 0 Å². The molecule has 0 bridgehead atoms. The molecule has 1 aliphatic carbocycles. The van der Waals surface area contributed by atoms with E-state index in [4.69, 9.17) is 4.74 Å². The topological polar surface area (TPSA) is 26.3 Å². The van der Waals surface area contributed by atoms with Crippen LogP contribution in [0.15, 0.2) is 30.3 Å². The zero-order valence-corrected chi connectivity index (χ0v) is 17.6. The van der Waals surface area contributed by atoms with Crippen LogP contribution in [0.1, 0.15) is 80.9 Å². The van der Waals surface area contributed by atoms with Gasteiger partial charge in [0.15, 0.2) is 6.29 Å². The minimum absolute atomic E-state index is 0.172. The van der Waals surface area contributed by atoms with Gasteiger partial charge in [-0.1, -0.05) is 52.8 Å². The van der Waals surface area contributed by atoms with E-state index in [1.165, 1.54) is 35.1 Å². The van der Waals surface area contributed by atoms with Gasteiger partial charge in [-0.3, -0.25) is 4.79 Å². The first-order valence-corrected chi connectivity index (χ1v) is 10.1. The first-order chi connectivity index (χ1) is 12.7. The molecular formula is C25H32O2. The summed E-state index contributed by atoms with van der Waals surface area (Å²) in [5.74, 6) is 0.674. The van der Waals surface area contributed by atoms with Crippen molar-refractivity contribution in [3.05, 3.63) is 52.6 Å². The van der Waals surface area contributed by atoms with Crippen molar-refractivity contribution in [3.8, 4) is 16.9 Å². The molecule has 0 amide bonds. The average Bonchev–Trinajstić information content (AvgIpc) is 2.63. The van der Waals surface area contributed by atoms with Crippen molar-refractivity contribution in [2.75, 3.05) is 6.61 Å². The molecule has 2 nitrogen and oxygen atoms in total. The summed E-state index contributed by atoms with van der Waals surface area (Å²) in [5, 5.41) is 0. The van der Waals surface area contributed by atoms with E-state index >= 15 is 0 Å². The number of aryl methyl sites for hydroxylation is 1. The van der Waals surface area contributed by atoms with Gasteiger partial charge < -0.3 is 4.74 Å². The van der Waals surface area contributed by atoms with E-state index in [9.17, 15) is 4.79 Å². The molecule has 0 saturated carbocycles. The maximum Gasteiger partial charge on any atom is 0.153 e. The van der Waals surface area contributed by atoms with E-state index in [-0.39, 0.29) is 10.8 Å². The van der Waals surface area contributed by atoms with Crippen LogP contribution in [0.25, 0.3) is 11.1 Å². The van der Waals surface area contributed by atoms with Crippen LogP contribution < -0.4 is 4.74 Å². The Bertz CT molecular complexity index is 859. The van der Waals surface area contributed by atoms with E-state index in [0.29, 0.717) is 17.9 Å². The first-order valence-electron chi connectivity index (χ1n) is 10.1. The van der Waals surface area contributed by atoms with Gasteiger partial charge in [0.05, 0.1) is 12.2 Å². The molecule has 0 spiro atoms. The highest BCUT2D eigenvalue weighted by atomic mass is 16.5. The molecule has 0 aromatic heterocycles. The van der Waals surface area contributed by atoms with Gasteiger partial charge in [0.2, 0.25) is 0 Å². The first kappa shape index (κ1) is 19.7. The van der Waals surface area contributed by atoms with Gasteiger partial charge in [0.1, 0.15) is 5.75 Å². The van der Waals surface area contributed by atoms with Gasteiger partial charge in [-0.25, -0.2) is 0 Å². The maximum atomic E-state index is 11.6. The molecule has 0 radical (unpaired) electrons. The van der Waals surface area contributed by atoms with Crippen molar-refractivity contribution in [1.29, 1.82) is 0 Å². The Morgan fingerprint density at radius 3 is 2.22 bits per heavy atom. The predicted molar refractivity (Wildman–Crippen MR) is 113 cm³/mol. The summed E-state index contributed by atoms with van der Waals surface area (Å²) < 4.78 is 5.72. The number of fused-ring (bicyclic) bond motifs is 1. The van der Waals surface area contributed by atoms with Gasteiger partial charge in [-0.2, -0.15) is 0 Å². The normalized spacial score (nSPS) is 17.3. The Kier molecular flexibility index (Phi) is 5.20. The van der Waals surface area contributed by atoms with Gasteiger partial charge in [0.25, 0.3) is 0 Å². The minimum atomic E-state index is 0.172. The average molecular weight is 365 g/mol. The quantitative estimate of drug-likeness (QED) is 0.558. The number of carbonyl (C=O) groups excluding carboxylic acids is 1. The Hall–Kier alpha value is -2.09. The third-order valence-electron chi connectivity index (χ3n) is 6.11. The van der Waals surface area contributed by atoms with E-state index in [1.54, 1.807) is 0 Å². The summed E-state index contributed by atoms with van der Waals surface area (Å²) in [6, 6.07) is 10.7. The predicted octanol–water partition coefficient (Wildman–Crippen LogP) is 6.61. The molecule has 0 N–H and O–H groups in total. The van der Waals surface area contributed by atoms with E-state index in [2.05, 4.69) is 59.7 Å².